The van der Waals surface area contributed by atoms with Crippen LogP contribution in [0.15, 0.2) is 81.6 Å². The molecule has 0 unspecified atom stereocenters. The predicted molar refractivity (Wildman–Crippen MR) is 120 cm³/mol. The first-order valence-corrected chi connectivity index (χ1v) is 10.9. The third kappa shape index (κ3) is 4.15. The van der Waals surface area contributed by atoms with Gasteiger partial charge >= 0.3 is 0 Å². The number of nitrogens with zero attached hydrogens (tertiary/aromatic N) is 2. The SMILES string of the molecule is CC1=C(Nc2cc(C)nc(Sc3ccc4ccccc4c3)n2)C=C(C2CC2)NC1. The molecule has 1 fully saturated rings. The minimum Gasteiger partial charge on any atom is -0.384 e. The lowest BCUT2D eigenvalue weighted by Crippen LogP contribution is -2.24. The average molecular weight is 401 g/mol. The number of benzene rings is 2. The Morgan fingerprint density at radius 2 is 1.83 bits per heavy atom. The molecule has 2 aliphatic rings. The summed E-state index contributed by atoms with van der Waals surface area (Å²) in [4.78, 5) is 10.6. The summed E-state index contributed by atoms with van der Waals surface area (Å²) in [6.07, 6.45) is 4.85. The zero-order chi connectivity index (χ0) is 19.8. The van der Waals surface area contributed by atoms with Crippen LogP contribution in [0.1, 0.15) is 25.5 Å². The molecule has 5 heteroatoms. The Morgan fingerprint density at radius 1 is 1.00 bits per heavy atom. The Morgan fingerprint density at radius 3 is 2.66 bits per heavy atom. The Kier molecular flexibility index (Phi) is 4.76. The van der Waals surface area contributed by atoms with Crippen LogP contribution >= 0.6 is 11.8 Å². The molecule has 29 heavy (non-hydrogen) atoms. The summed E-state index contributed by atoms with van der Waals surface area (Å²) in [6.45, 7) is 5.08. The maximum absolute atomic E-state index is 4.78. The first-order valence-electron chi connectivity index (χ1n) is 10.1. The summed E-state index contributed by atoms with van der Waals surface area (Å²) in [5, 5.41) is 10.3. The normalized spacial score (nSPS) is 16.6. The number of allylic oxidation sites excluding steroid dienone is 2. The zero-order valence-electron chi connectivity index (χ0n) is 16.7. The van der Waals surface area contributed by atoms with Gasteiger partial charge < -0.3 is 10.6 Å². The fourth-order valence-electron chi connectivity index (χ4n) is 3.58. The molecule has 2 aromatic carbocycles. The molecule has 1 aliphatic carbocycles. The van der Waals surface area contributed by atoms with Crippen molar-refractivity contribution in [3.8, 4) is 0 Å². The highest BCUT2D eigenvalue weighted by Crippen LogP contribution is 2.37. The molecule has 0 bridgehead atoms. The van der Waals surface area contributed by atoms with E-state index >= 15 is 0 Å². The molecule has 0 amide bonds. The lowest BCUT2D eigenvalue weighted by molar-refractivity contribution is 0.761. The highest BCUT2D eigenvalue weighted by atomic mass is 32.2. The minimum absolute atomic E-state index is 0.714. The van der Waals surface area contributed by atoms with Crippen LogP contribution in [-0.2, 0) is 0 Å². The van der Waals surface area contributed by atoms with Crippen molar-refractivity contribution in [1.29, 1.82) is 0 Å². The van der Waals surface area contributed by atoms with Crippen LogP contribution in [0, 0.1) is 12.8 Å². The third-order valence-electron chi connectivity index (χ3n) is 5.36. The van der Waals surface area contributed by atoms with Crippen molar-refractivity contribution in [3.63, 3.8) is 0 Å². The lowest BCUT2D eigenvalue weighted by Gasteiger charge is -2.21. The number of rotatable bonds is 5. The predicted octanol–water partition coefficient (Wildman–Crippen LogP) is 5.67. The van der Waals surface area contributed by atoms with Gasteiger partial charge in [-0.05, 0) is 78.9 Å². The average Bonchev–Trinajstić information content (AvgIpc) is 3.54. The van der Waals surface area contributed by atoms with Gasteiger partial charge in [0.1, 0.15) is 5.82 Å². The Hall–Kier alpha value is -2.79. The molecule has 4 nitrogen and oxygen atoms in total. The van der Waals surface area contributed by atoms with Crippen molar-refractivity contribution in [2.24, 2.45) is 5.92 Å². The lowest BCUT2D eigenvalue weighted by atomic mass is 10.1. The van der Waals surface area contributed by atoms with Crippen LogP contribution in [-0.4, -0.2) is 16.5 Å². The Labute approximate surface area is 175 Å². The molecular weight excluding hydrogens is 376 g/mol. The van der Waals surface area contributed by atoms with E-state index in [1.54, 1.807) is 11.8 Å². The van der Waals surface area contributed by atoms with E-state index in [4.69, 9.17) is 4.98 Å². The van der Waals surface area contributed by atoms with Crippen LogP contribution in [0.2, 0.25) is 0 Å². The molecule has 0 saturated heterocycles. The minimum atomic E-state index is 0.714. The summed E-state index contributed by atoms with van der Waals surface area (Å²) < 4.78 is 0. The first-order chi connectivity index (χ1) is 14.1. The summed E-state index contributed by atoms with van der Waals surface area (Å²) in [5.74, 6) is 1.56. The van der Waals surface area contributed by atoms with Gasteiger partial charge in [0, 0.05) is 34.6 Å². The van der Waals surface area contributed by atoms with Gasteiger partial charge in [0.2, 0.25) is 0 Å². The standard InChI is InChI=1S/C24H24N4S/c1-15-14-25-22(18-7-8-18)13-21(15)27-23-11-16(2)26-24(28-23)29-20-10-9-17-5-3-4-6-19(17)12-20/h3-6,9-13,18,25H,7-8,14H2,1-2H3,(H,26,27,28). The summed E-state index contributed by atoms with van der Waals surface area (Å²) in [5.41, 5.74) is 4.78. The molecule has 1 aromatic heterocycles. The van der Waals surface area contributed by atoms with Crippen LogP contribution < -0.4 is 10.6 Å². The van der Waals surface area contributed by atoms with Gasteiger partial charge in [-0.1, -0.05) is 30.3 Å². The fraction of sp³-hybridized carbons (Fsp3) is 0.250. The maximum atomic E-state index is 4.78. The summed E-state index contributed by atoms with van der Waals surface area (Å²) in [6, 6.07) is 16.9. The van der Waals surface area contributed by atoms with E-state index < -0.39 is 0 Å². The first kappa shape index (κ1) is 18.3. The van der Waals surface area contributed by atoms with Crippen LogP contribution in [0.3, 0.4) is 0 Å². The van der Waals surface area contributed by atoms with Crippen LogP contribution in [0.5, 0.6) is 0 Å². The van der Waals surface area contributed by atoms with E-state index in [9.17, 15) is 0 Å². The molecule has 0 spiro atoms. The van der Waals surface area contributed by atoms with Crippen molar-refractivity contribution in [2.75, 3.05) is 11.9 Å². The van der Waals surface area contributed by atoms with Crippen molar-refractivity contribution in [3.05, 3.63) is 77.3 Å². The summed E-state index contributed by atoms with van der Waals surface area (Å²) in [7, 11) is 0. The van der Waals surface area contributed by atoms with E-state index in [-0.39, 0.29) is 0 Å². The monoisotopic (exact) mass is 400 g/mol. The number of dihydropyridines is 1. The topological polar surface area (TPSA) is 49.8 Å². The molecular formula is C24H24N4S. The summed E-state index contributed by atoms with van der Waals surface area (Å²) >= 11 is 1.60. The number of aromatic nitrogens is 2. The molecule has 1 saturated carbocycles. The van der Waals surface area contributed by atoms with Gasteiger partial charge in [0.15, 0.2) is 5.16 Å². The van der Waals surface area contributed by atoms with E-state index in [2.05, 4.69) is 71.1 Å². The zero-order valence-corrected chi connectivity index (χ0v) is 17.5. The number of hydrogen-bond donors (Lipinski definition) is 2. The number of hydrogen-bond acceptors (Lipinski definition) is 5. The number of nitrogens with one attached hydrogen (secondary N) is 2. The van der Waals surface area contributed by atoms with Gasteiger partial charge in [-0.2, -0.15) is 0 Å². The fourth-order valence-corrected chi connectivity index (χ4v) is 4.45. The van der Waals surface area contributed by atoms with Crippen LogP contribution in [0.4, 0.5) is 5.82 Å². The maximum Gasteiger partial charge on any atom is 0.194 e. The highest BCUT2D eigenvalue weighted by Gasteiger charge is 2.27. The van der Waals surface area contributed by atoms with Crippen molar-refractivity contribution in [2.45, 2.75) is 36.7 Å². The van der Waals surface area contributed by atoms with Gasteiger partial charge in [0.25, 0.3) is 0 Å². The van der Waals surface area contributed by atoms with Crippen molar-refractivity contribution >= 4 is 28.4 Å². The Balaban J connectivity index is 1.39. The van der Waals surface area contributed by atoms with Crippen molar-refractivity contribution < 1.29 is 0 Å². The smallest absolute Gasteiger partial charge is 0.194 e. The molecule has 1 aliphatic heterocycles. The second kappa shape index (κ2) is 7.56. The number of aryl methyl sites for hydroxylation is 1. The molecule has 2 heterocycles. The largest absolute Gasteiger partial charge is 0.384 e. The second-order valence-electron chi connectivity index (χ2n) is 7.83. The van der Waals surface area contributed by atoms with E-state index in [1.807, 2.05) is 13.0 Å². The Bertz CT molecular complexity index is 1140. The number of anilines is 1. The van der Waals surface area contributed by atoms with E-state index in [0.717, 1.165) is 33.8 Å². The van der Waals surface area contributed by atoms with Gasteiger partial charge in [-0.3, -0.25) is 0 Å². The molecule has 3 aromatic rings. The molecule has 146 valence electrons. The molecule has 5 rings (SSSR count). The van der Waals surface area contributed by atoms with E-state index in [1.165, 1.54) is 34.9 Å². The molecule has 2 N–H and O–H groups in total. The molecule has 0 atom stereocenters. The van der Waals surface area contributed by atoms with Crippen LogP contribution in [0.25, 0.3) is 10.8 Å². The quantitative estimate of drug-likeness (QED) is 0.540. The van der Waals surface area contributed by atoms with Gasteiger partial charge in [-0.25, -0.2) is 9.97 Å². The van der Waals surface area contributed by atoms with Gasteiger partial charge in [0.05, 0.1) is 0 Å². The highest BCUT2D eigenvalue weighted by molar-refractivity contribution is 7.99. The second-order valence-corrected chi connectivity index (χ2v) is 8.88. The molecule has 0 radical (unpaired) electrons. The number of fused-ring (bicyclic) bond motifs is 1. The third-order valence-corrected chi connectivity index (χ3v) is 6.22. The van der Waals surface area contributed by atoms with Gasteiger partial charge in [-0.15, -0.1) is 0 Å². The van der Waals surface area contributed by atoms with Crippen molar-refractivity contribution in [1.82, 2.24) is 15.3 Å². The van der Waals surface area contributed by atoms with E-state index in [0.29, 0.717) is 5.92 Å².